The first kappa shape index (κ1) is 23.3. The molecule has 10 heteroatoms. The first-order chi connectivity index (χ1) is 13.9. The second-order valence-electron chi connectivity index (χ2n) is 8.00. The highest BCUT2D eigenvalue weighted by Crippen LogP contribution is 2.24. The minimum atomic E-state index is -0.599. The maximum absolute atomic E-state index is 12.3. The molecule has 2 rings (SSSR count). The number of benzene rings is 1. The lowest BCUT2D eigenvalue weighted by molar-refractivity contribution is -0.384. The van der Waals surface area contributed by atoms with Gasteiger partial charge in [0.15, 0.2) is 5.69 Å². The zero-order valence-electron chi connectivity index (χ0n) is 17.6. The molecule has 0 aliphatic carbocycles. The van der Waals surface area contributed by atoms with Crippen molar-refractivity contribution in [3.05, 3.63) is 56.4 Å². The van der Waals surface area contributed by atoms with Crippen LogP contribution in [0.1, 0.15) is 67.1 Å². The fraction of sp³-hybridized carbons (Fsp3) is 0.450. The van der Waals surface area contributed by atoms with Crippen LogP contribution >= 0.6 is 11.6 Å². The molecule has 1 aromatic heterocycles. The number of nitrogens with one attached hydrogen (secondary N) is 1. The summed E-state index contributed by atoms with van der Waals surface area (Å²) in [6.07, 6.45) is 0. The average Bonchev–Trinajstić information content (AvgIpc) is 3.11. The van der Waals surface area contributed by atoms with Gasteiger partial charge >= 0.3 is 5.97 Å². The summed E-state index contributed by atoms with van der Waals surface area (Å²) >= 11 is 5.93. The summed E-state index contributed by atoms with van der Waals surface area (Å²) in [6.45, 7) is 10.0. The van der Waals surface area contributed by atoms with Crippen molar-refractivity contribution in [3.63, 3.8) is 0 Å². The molecule has 0 spiro atoms. The van der Waals surface area contributed by atoms with Crippen molar-refractivity contribution < 1.29 is 19.2 Å². The van der Waals surface area contributed by atoms with Crippen LogP contribution < -0.4 is 5.32 Å². The maximum atomic E-state index is 12.3. The molecule has 30 heavy (non-hydrogen) atoms. The zero-order valence-corrected chi connectivity index (χ0v) is 18.3. The molecule has 0 atom stereocenters. The molecule has 1 aromatic carbocycles. The molecular formula is C20H25ClN4O5. The fourth-order valence-electron chi connectivity index (χ4n) is 2.72. The molecule has 2 aromatic rings. The number of hydrogen-bond acceptors (Lipinski definition) is 6. The lowest BCUT2D eigenvalue weighted by Gasteiger charge is -2.23. The largest absolute Gasteiger partial charge is 0.459 e. The van der Waals surface area contributed by atoms with Crippen molar-refractivity contribution in [2.75, 3.05) is 13.2 Å². The number of amides is 1. The number of aromatic nitrogens is 2. The van der Waals surface area contributed by atoms with Crippen LogP contribution in [0.4, 0.5) is 5.69 Å². The van der Waals surface area contributed by atoms with Gasteiger partial charge in [0.1, 0.15) is 6.61 Å². The van der Waals surface area contributed by atoms with Crippen molar-refractivity contribution in [1.29, 1.82) is 0 Å². The Kier molecular flexibility index (Phi) is 7.20. The summed E-state index contributed by atoms with van der Waals surface area (Å²) in [7, 11) is 0. The first-order valence-electron chi connectivity index (χ1n) is 9.41. The highest BCUT2D eigenvalue weighted by molar-refractivity contribution is 6.34. The van der Waals surface area contributed by atoms with E-state index in [0.717, 1.165) is 11.8 Å². The third-order valence-corrected chi connectivity index (χ3v) is 4.51. The Hall–Kier alpha value is -2.94. The van der Waals surface area contributed by atoms with Gasteiger partial charge in [-0.3, -0.25) is 19.6 Å². The number of carbonyl (C=O) groups excluding carboxylic acids is 2. The summed E-state index contributed by atoms with van der Waals surface area (Å²) < 4.78 is 7.02. The summed E-state index contributed by atoms with van der Waals surface area (Å²) in [6, 6.07) is 5.29. The SMILES string of the molecule is CC(C)c1cc(C(=O)OCCNC(=O)c2ccc([N+](=O)[O-])cc2Cl)nn1C(C)(C)C. The van der Waals surface area contributed by atoms with Gasteiger partial charge in [0, 0.05) is 17.8 Å². The van der Waals surface area contributed by atoms with Gasteiger partial charge in [0.25, 0.3) is 11.6 Å². The Morgan fingerprint density at radius 2 is 1.97 bits per heavy atom. The van der Waals surface area contributed by atoms with Crippen LogP contribution in [0.2, 0.25) is 5.02 Å². The molecule has 0 saturated carbocycles. The number of nitro benzene ring substituents is 1. The van der Waals surface area contributed by atoms with Gasteiger partial charge in [-0.25, -0.2) is 4.79 Å². The molecule has 0 unspecified atom stereocenters. The van der Waals surface area contributed by atoms with Gasteiger partial charge in [-0.05, 0) is 38.8 Å². The van der Waals surface area contributed by atoms with Crippen LogP contribution in [-0.2, 0) is 10.3 Å². The summed E-state index contributed by atoms with van der Waals surface area (Å²) in [5.74, 6) is -0.920. The Labute approximate surface area is 179 Å². The number of non-ortho nitro benzene ring substituents is 1. The maximum Gasteiger partial charge on any atom is 0.358 e. The molecule has 0 fully saturated rings. The van der Waals surface area contributed by atoms with Crippen molar-refractivity contribution in [3.8, 4) is 0 Å². The highest BCUT2D eigenvalue weighted by atomic mass is 35.5. The Morgan fingerprint density at radius 3 is 2.47 bits per heavy atom. The number of ether oxygens (including phenoxy) is 1. The van der Waals surface area contributed by atoms with E-state index >= 15 is 0 Å². The summed E-state index contributed by atoms with van der Waals surface area (Å²) in [5, 5.41) is 17.6. The lowest BCUT2D eigenvalue weighted by Crippen LogP contribution is -2.28. The van der Waals surface area contributed by atoms with Gasteiger partial charge in [0.05, 0.1) is 27.6 Å². The highest BCUT2D eigenvalue weighted by Gasteiger charge is 2.24. The monoisotopic (exact) mass is 436 g/mol. The topological polar surface area (TPSA) is 116 Å². The molecule has 1 heterocycles. The van der Waals surface area contributed by atoms with E-state index in [1.165, 1.54) is 12.1 Å². The molecular weight excluding hydrogens is 412 g/mol. The van der Waals surface area contributed by atoms with E-state index < -0.39 is 16.8 Å². The molecule has 9 nitrogen and oxygen atoms in total. The Balaban J connectivity index is 1.94. The molecule has 0 radical (unpaired) electrons. The van der Waals surface area contributed by atoms with Gasteiger partial charge in [-0.1, -0.05) is 25.4 Å². The van der Waals surface area contributed by atoms with Crippen molar-refractivity contribution in [2.45, 2.75) is 46.1 Å². The van der Waals surface area contributed by atoms with Crippen LogP contribution in [0.3, 0.4) is 0 Å². The molecule has 0 saturated heterocycles. The smallest absolute Gasteiger partial charge is 0.358 e. The second kappa shape index (κ2) is 9.25. The normalized spacial score (nSPS) is 11.4. The molecule has 162 valence electrons. The molecule has 1 amide bonds. The van der Waals surface area contributed by atoms with Crippen LogP contribution in [0.25, 0.3) is 0 Å². The third-order valence-electron chi connectivity index (χ3n) is 4.20. The standard InChI is InChI=1S/C20H25ClN4O5/c1-12(2)17-11-16(23-24(17)20(3,4)5)19(27)30-9-8-22-18(26)14-7-6-13(25(28)29)10-15(14)21/h6-7,10-12H,8-9H2,1-5H3,(H,22,26). The van der Waals surface area contributed by atoms with E-state index in [2.05, 4.69) is 10.4 Å². The third kappa shape index (κ3) is 5.56. The zero-order chi connectivity index (χ0) is 22.6. The number of rotatable bonds is 7. The number of halogens is 1. The fourth-order valence-corrected chi connectivity index (χ4v) is 2.98. The van der Waals surface area contributed by atoms with Gasteiger partial charge < -0.3 is 10.1 Å². The van der Waals surface area contributed by atoms with Crippen molar-refractivity contribution >= 4 is 29.2 Å². The van der Waals surface area contributed by atoms with Crippen LogP contribution in [0.5, 0.6) is 0 Å². The van der Waals surface area contributed by atoms with E-state index in [1.807, 2.05) is 39.3 Å². The van der Waals surface area contributed by atoms with Crippen molar-refractivity contribution in [2.24, 2.45) is 0 Å². The van der Waals surface area contributed by atoms with Crippen LogP contribution in [0.15, 0.2) is 24.3 Å². The molecule has 0 bridgehead atoms. The predicted octanol–water partition coefficient (Wildman–Crippen LogP) is 3.91. The van der Waals surface area contributed by atoms with Gasteiger partial charge in [-0.2, -0.15) is 5.10 Å². The second-order valence-corrected chi connectivity index (χ2v) is 8.41. The van der Waals surface area contributed by atoms with Gasteiger partial charge in [-0.15, -0.1) is 0 Å². The summed E-state index contributed by atoms with van der Waals surface area (Å²) in [4.78, 5) is 34.6. The first-order valence-corrected chi connectivity index (χ1v) is 9.79. The van der Waals surface area contributed by atoms with E-state index in [9.17, 15) is 19.7 Å². The quantitative estimate of drug-likeness (QED) is 0.304. The molecule has 1 N–H and O–H groups in total. The number of nitro groups is 1. The number of nitrogens with zero attached hydrogens (tertiary/aromatic N) is 3. The molecule has 0 aliphatic heterocycles. The summed E-state index contributed by atoms with van der Waals surface area (Å²) in [5.41, 5.74) is 0.741. The van der Waals surface area contributed by atoms with E-state index in [-0.39, 0.29) is 46.6 Å². The number of esters is 1. The van der Waals surface area contributed by atoms with Crippen LogP contribution in [-0.4, -0.2) is 39.7 Å². The van der Waals surface area contributed by atoms with Gasteiger partial charge in [0.2, 0.25) is 0 Å². The Morgan fingerprint density at radius 1 is 1.30 bits per heavy atom. The minimum Gasteiger partial charge on any atom is -0.459 e. The number of carbonyl (C=O) groups is 2. The minimum absolute atomic E-state index is 0.0346. The predicted molar refractivity (Wildman–Crippen MR) is 112 cm³/mol. The molecule has 0 aliphatic rings. The van der Waals surface area contributed by atoms with E-state index in [1.54, 1.807) is 6.07 Å². The van der Waals surface area contributed by atoms with Crippen molar-refractivity contribution in [1.82, 2.24) is 15.1 Å². The van der Waals surface area contributed by atoms with Crippen LogP contribution in [0, 0.1) is 10.1 Å². The van der Waals surface area contributed by atoms with E-state index in [4.69, 9.17) is 16.3 Å². The average molecular weight is 437 g/mol. The number of hydrogen-bond donors (Lipinski definition) is 1. The Bertz CT molecular complexity index is 963. The lowest BCUT2D eigenvalue weighted by atomic mass is 10.1. The van der Waals surface area contributed by atoms with E-state index in [0.29, 0.717) is 0 Å².